The predicted octanol–water partition coefficient (Wildman–Crippen LogP) is 4.38. The highest BCUT2D eigenvalue weighted by Gasteiger charge is 2.24. The van der Waals surface area contributed by atoms with Crippen LogP contribution in [0.5, 0.6) is 11.5 Å². The quantitative estimate of drug-likeness (QED) is 0.623. The minimum atomic E-state index is -0.273. The second-order valence-corrected chi connectivity index (χ2v) is 5.59. The summed E-state index contributed by atoms with van der Waals surface area (Å²) in [5, 5.41) is 0. The molecule has 2 aromatic rings. The summed E-state index contributed by atoms with van der Waals surface area (Å²) in [5.41, 5.74) is 1.89. The lowest BCUT2D eigenvalue weighted by Crippen LogP contribution is -2.18. The Morgan fingerprint density at radius 2 is 1.95 bits per heavy atom. The van der Waals surface area contributed by atoms with Gasteiger partial charge in [0.15, 0.2) is 0 Å². The molecule has 22 heavy (non-hydrogen) atoms. The zero-order valence-electron chi connectivity index (χ0n) is 12.5. The van der Waals surface area contributed by atoms with Crippen LogP contribution in [0.1, 0.15) is 43.4 Å². The molecule has 1 heterocycles. The van der Waals surface area contributed by atoms with E-state index < -0.39 is 0 Å². The lowest BCUT2D eigenvalue weighted by atomic mass is 9.95. The Morgan fingerprint density at radius 1 is 1.23 bits per heavy atom. The third kappa shape index (κ3) is 2.96. The first-order valence-electron chi connectivity index (χ1n) is 7.29. The molecule has 0 aliphatic carbocycles. The molecule has 0 spiro atoms. The van der Waals surface area contributed by atoms with Gasteiger partial charge in [-0.25, -0.2) is 4.39 Å². The maximum absolute atomic E-state index is 12.9. The molecule has 3 rings (SSSR count). The van der Waals surface area contributed by atoms with Crippen molar-refractivity contribution >= 4 is 5.97 Å². The monoisotopic (exact) mass is 300 g/mol. The van der Waals surface area contributed by atoms with E-state index in [1.165, 1.54) is 12.1 Å². The molecule has 1 aliphatic heterocycles. The summed E-state index contributed by atoms with van der Waals surface area (Å²) in [6.45, 7) is 3.89. The average Bonchev–Trinajstić information content (AvgIpc) is 2.47. The lowest BCUT2D eigenvalue weighted by molar-refractivity contribution is -0.135. The molecular formula is C18H17FO3. The fourth-order valence-corrected chi connectivity index (χ4v) is 2.61. The molecule has 2 aromatic carbocycles. The van der Waals surface area contributed by atoms with E-state index in [9.17, 15) is 9.18 Å². The van der Waals surface area contributed by atoms with Gasteiger partial charge in [-0.2, -0.15) is 0 Å². The number of esters is 1. The first-order chi connectivity index (χ1) is 10.5. The third-order valence-corrected chi connectivity index (χ3v) is 3.86. The van der Waals surface area contributed by atoms with Gasteiger partial charge in [0, 0.05) is 6.07 Å². The van der Waals surface area contributed by atoms with Gasteiger partial charge in [-0.3, -0.25) is 4.79 Å². The normalized spacial score (nSPS) is 18.3. The van der Waals surface area contributed by atoms with E-state index in [1.54, 1.807) is 18.2 Å². The van der Waals surface area contributed by atoms with Crippen molar-refractivity contribution in [1.82, 2.24) is 0 Å². The fourth-order valence-electron chi connectivity index (χ4n) is 2.61. The molecule has 1 aliphatic rings. The van der Waals surface area contributed by atoms with Gasteiger partial charge in [-0.05, 0) is 42.2 Å². The van der Waals surface area contributed by atoms with Crippen molar-refractivity contribution in [3.8, 4) is 11.5 Å². The topological polar surface area (TPSA) is 35.5 Å². The van der Waals surface area contributed by atoms with Crippen LogP contribution in [-0.2, 0) is 4.79 Å². The summed E-state index contributed by atoms with van der Waals surface area (Å²) < 4.78 is 24.1. The molecule has 0 bridgehead atoms. The minimum Gasteiger partial charge on any atom is -0.486 e. The second-order valence-electron chi connectivity index (χ2n) is 5.59. The number of carbonyl (C=O) groups is 1. The van der Waals surface area contributed by atoms with Crippen molar-refractivity contribution in [3.05, 3.63) is 59.4 Å². The van der Waals surface area contributed by atoms with Gasteiger partial charge in [0.25, 0.3) is 0 Å². The molecule has 0 aromatic heterocycles. The molecule has 2 unspecified atom stereocenters. The number of hydrogen-bond acceptors (Lipinski definition) is 3. The standard InChI is InChI=1S/C18H17FO3/c1-11-9-18(20)22-17-10-15(7-8-16(11)17)21-12(2)13-3-5-14(19)6-4-13/h3-8,10-12H,9H2,1-2H3. The maximum Gasteiger partial charge on any atom is 0.311 e. The van der Waals surface area contributed by atoms with Crippen molar-refractivity contribution < 1.29 is 18.7 Å². The van der Waals surface area contributed by atoms with E-state index in [1.807, 2.05) is 26.0 Å². The highest BCUT2D eigenvalue weighted by atomic mass is 19.1. The van der Waals surface area contributed by atoms with Crippen LogP contribution in [0.25, 0.3) is 0 Å². The molecule has 0 saturated carbocycles. The number of benzene rings is 2. The van der Waals surface area contributed by atoms with Gasteiger partial charge < -0.3 is 9.47 Å². The molecule has 0 N–H and O–H groups in total. The van der Waals surface area contributed by atoms with Crippen molar-refractivity contribution in [3.63, 3.8) is 0 Å². The van der Waals surface area contributed by atoms with Crippen molar-refractivity contribution in [1.29, 1.82) is 0 Å². The van der Waals surface area contributed by atoms with Gasteiger partial charge in [0.1, 0.15) is 23.4 Å². The Hall–Kier alpha value is -2.36. The van der Waals surface area contributed by atoms with E-state index in [0.29, 0.717) is 17.9 Å². The van der Waals surface area contributed by atoms with Gasteiger partial charge >= 0.3 is 5.97 Å². The maximum atomic E-state index is 12.9. The number of ether oxygens (including phenoxy) is 2. The van der Waals surface area contributed by atoms with Gasteiger partial charge in [0.2, 0.25) is 0 Å². The summed E-state index contributed by atoms with van der Waals surface area (Å²) in [6.07, 6.45) is 0.175. The van der Waals surface area contributed by atoms with Crippen molar-refractivity contribution in [2.24, 2.45) is 0 Å². The number of halogens is 1. The minimum absolute atomic E-state index is 0.153. The summed E-state index contributed by atoms with van der Waals surface area (Å²) in [4.78, 5) is 11.5. The Labute approximate surface area is 128 Å². The second kappa shape index (κ2) is 5.79. The van der Waals surface area contributed by atoms with Crippen LogP contribution < -0.4 is 9.47 Å². The van der Waals surface area contributed by atoms with Gasteiger partial charge in [0.05, 0.1) is 6.42 Å². The third-order valence-electron chi connectivity index (χ3n) is 3.86. The molecular weight excluding hydrogens is 283 g/mol. The molecule has 0 amide bonds. The highest BCUT2D eigenvalue weighted by Crippen LogP contribution is 2.37. The van der Waals surface area contributed by atoms with E-state index >= 15 is 0 Å². The van der Waals surface area contributed by atoms with Gasteiger partial charge in [-0.1, -0.05) is 25.1 Å². The van der Waals surface area contributed by atoms with Crippen molar-refractivity contribution in [2.45, 2.75) is 32.3 Å². The molecule has 0 saturated heterocycles. The summed E-state index contributed by atoms with van der Waals surface area (Å²) >= 11 is 0. The highest BCUT2D eigenvalue weighted by molar-refractivity contribution is 5.76. The number of carbonyl (C=O) groups excluding carboxylic acids is 1. The van der Waals surface area contributed by atoms with Crippen LogP contribution in [0.4, 0.5) is 4.39 Å². The van der Waals surface area contributed by atoms with Crippen LogP contribution in [-0.4, -0.2) is 5.97 Å². The smallest absolute Gasteiger partial charge is 0.311 e. The molecule has 0 fully saturated rings. The first-order valence-corrected chi connectivity index (χ1v) is 7.29. The Morgan fingerprint density at radius 3 is 2.68 bits per heavy atom. The zero-order valence-corrected chi connectivity index (χ0v) is 12.5. The van der Waals surface area contributed by atoms with Gasteiger partial charge in [-0.15, -0.1) is 0 Å². The summed E-state index contributed by atoms with van der Waals surface area (Å²) in [7, 11) is 0. The van der Waals surface area contributed by atoms with Crippen molar-refractivity contribution in [2.75, 3.05) is 0 Å². The SMILES string of the molecule is CC1CC(=O)Oc2cc(OC(C)c3ccc(F)cc3)ccc21. The van der Waals surface area contributed by atoms with Crippen LogP contribution >= 0.6 is 0 Å². The van der Waals surface area contributed by atoms with E-state index in [4.69, 9.17) is 9.47 Å². The Kier molecular flexibility index (Phi) is 3.84. The van der Waals surface area contributed by atoms with Crippen LogP contribution in [0.3, 0.4) is 0 Å². The number of hydrogen-bond donors (Lipinski definition) is 0. The molecule has 0 radical (unpaired) electrons. The Bertz CT molecular complexity index is 694. The average molecular weight is 300 g/mol. The fraction of sp³-hybridized carbons (Fsp3) is 0.278. The van der Waals surface area contributed by atoms with E-state index in [2.05, 4.69) is 0 Å². The summed E-state index contributed by atoms with van der Waals surface area (Å²) in [6, 6.07) is 11.7. The van der Waals surface area contributed by atoms with Crippen LogP contribution in [0.15, 0.2) is 42.5 Å². The molecule has 4 heteroatoms. The Balaban J connectivity index is 1.80. The number of rotatable bonds is 3. The van der Waals surface area contributed by atoms with E-state index in [-0.39, 0.29) is 23.8 Å². The zero-order chi connectivity index (χ0) is 15.7. The van der Waals surface area contributed by atoms with E-state index in [0.717, 1.165) is 11.1 Å². The predicted molar refractivity (Wildman–Crippen MR) is 80.6 cm³/mol. The molecule has 2 atom stereocenters. The lowest BCUT2D eigenvalue weighted by Gasteiger charge is -2.23. The van der Waals surface area contributed by atoms with Crippen LogP contribution in [0, 0.1) is 5.82 Å². The largest absolute Gasteiger partial charge is 0.486 e. The molecule has 114 valence electrons. The first kappa shape index (κ1) is 14.6. The number of fused-ring (bicyclic) bond motifs is 1. The van der Waals surface area contributed by atoms with Crippen LogP contribution in [0.2, 0.25) is 0 Å². The molecule has 3 nitrogen and oxygen atoms in total. The summed E-state index contributed by atoms with van der Waals surface area (Å²) in [5.74, 6) is 0.846.